The first-order valence-corrected chi connectivity index (χ1v) is 30.5. The Kier molecular flexibility index (Phi) is 18.8. The summed E-state index contributed by atoms with van der Waals surface area (Å²) in [5, 5.41) is 151. The molecule has 0 radical (unpaired) electrons. The summed E-state index contributed by atoms with van der Waals surface area (Å²) >= 11 is 0. The van der Waals surface area contributed by atoms with E-state index in [0.717, 1.165) is 18.3 Å². The molecule has 0 aromatic heterocycles. The van der Waals surface area contributed by atoms with E-state index >= 15 is 4.79 Å². The summed E-state index contributed by atoms with van der Waals surface area (Å²) in [6, 6.07) is 0. The van der Waals surface area contributed by atoms with Crippen LogP contribution in [0.4, 0.5) is 0 Å². The number of carbonyl (C=O) groups is 2. The number of ether oxygens (including phenoxy) is 10. The third-order valence-corrected chi connectivity index (χ3v) is 23.0. The lowest BCUT2D eigenvalue weighted by molar-refractivity contribution is -0.363. The molecule has 33 atom stereocenters. The molecule has 9 fully saturated rings. The second-order valence-corrected chi connectivity index (χ2v) is 28.3. The fourth-order valence-electron chi connectivity index (χ4n) is 17.4. The third-order valence-electron chi connectivity index (χ3n) is 23.0. The maximum atomic E-state index is 15.2. The lowest BCUT2D eigenvalue weighted by Crippen LogP contribution is -2.67. The van der Waals surface area contributed by atoms with Gasteiger partial charge in [0, 0.05) is 0 Å². The number of rotatable bonds is 13. The first kappa shape index (κ1) is 65.9. The molecule has 26 nitrogen and oxygen atoms in total. The lowest BCUT2D eigenvalue weighted by Gasteiger charge is -2.71. The number of aldehydes is 1. The van der Waals surface area contributed by atoms with Crippen molar-refractivity contribution in [2.24, 2.45) is 50.2 Å². The Bertz CT molecular complexity index is 2400. The highest BCUT2D eigenvalue weighted by Gasteiger charge is 2.71. The van der Waals surface area contributed by atoms with Gasteiger partial charge in [-0.25, -0.2) is 0 Å². The summed E-state index contributed by atoms with van der Waals surface area (Å²) < 4.78 is 59.3. The first-order valence-electron chi connectivity index (χ1n) is 30.5. The van der Waals surface area contributed by atoms with Crippen LogP contribution in [0.1, 0.15) is 120 Å². The Hall–Kier alpha value is -2.04. The number of hydrogen-bond donors (Lipinski definition) is 14. The van der Waals surface area contributed by atoms with Crippen molar-refractivity contribution in [1.29, 1.82) is 0 Å². The van der Waals surface area contributed by atoms with Crippen LogP contribution >= 0.6 is 0 Å². The molecule has 85 heavy (non-hydrogen) atoms. The molecule has 33 unspecified atom stereocenters. The number of allylic oxidation sites excluding steroid dienone is 2. The Labute approximate surface area is 494 Å². The largest absolute Gasteiger partial charge is 0.432 e. The minimum atomic E-state index is -1.91. The lowest BCUT2D eigenvalue weighted by atomic mass is 9.33. The van der Waals surface area contributed by atoms with E-state index in [2.05, 4.69) is 40.7 Å². The monoisotopic (exact) mass is 1220 g/mol. The molecule has 0 spiro atoms. The molecule has 5 aliphatic carbocycles. The van der Waals surface area contributed by atoms with Crippen LogP contribution < -0.4 is 0 Å². The summed E-state index contributed by atoms with van der Waals surface area (Å²) in [7, 11) is 0. The van der Waals surface area contributed by atoms with Crippen LogP contribution in [-0.4, -0.2) is 257 Å². The standard InChI is InChI=1S/C59H94O26/c1-24-34(63)38(67)42(71)49(78-24)83-46-29(20-60)80-48(45(74)41(46)70)77-22-30-37(66)40(69)44(73)51(81-30)85-53(75)59-17-15-54(3,4)19-27(59)26-9-10-32-55(5)13-12-33(56(6,23-61)31(55)11-14-58(32,8)57(26,7)16-18-59)82-52-47(36(65)28(62)21-76-52)84-50-43(72)39(68)35(64)25(2)79-50/h9,23-25,27-52,60,62-74H,10-22H2,1-8H3. The minimum Gasteiger partial charge on any atom is -0.432 e. The van der Waals surface area contributed by atoms with Crippen molar-refractivity contribution in [3.63, 3.8) is 0 Å². The van der Waals surface area contributed by atoms with E-state index in [-0.39, 0.29) is 35.2 Å². The molecule has 4 saturated carbocycles. The van der Waals surface area contributed by atoms with E-state index in [4.69, 9.17) is 47.4 Å². The van der Waals surface area contributed by atoms with Gasteiger partial charge in [-0.2, -0.15) is 0 Å². The predicted octanol–water partition coefficient (Wildman–Crippen LogP) is -2.34. The molecule has 0 aromatic rings. The van der Waals surface area contributed by atoms with Gasteiger partial charge < -0.3 is 124 Å². The molecule has 10 aliphatic rings. The number of aliphatic hydroxyl groups excluding tert-OH is 14. The van der Waals surface area contributed by atoms with E-state index in [1.54, 1.807) is 0 Å². The van der Waals surface area contributed by atoms with Gasteiger partial charge in [0.25, 0.3) is 0 Å². The van der Waals surface area contributed by atoms with Crippen LogP contribution in [0.2, 0.25) is 0 Å². The molecule has 5 aliphatic heterocycles. The Morgan fingerprint density at radius 2 is 1.16 bits per heavy atom. The van der Waals surface area contributed by atoms with Gasteiger partial charge in [0.15, 0.2) is 25.2 Å². The maximum Gasteiger partial charge on any atom is 0.315 e. The summed E-state index contributed by atoms with van der Waals surface area (Å²) in [5.74, 6) is -1.05. The third kappa shape index (κ3) is 11.0. The van der Waals surface area contributed by atoms with E-state index in [0.29, 0.717) is 57.8 Å². The Balaban J connectivity index is 0.833. The van der Waals surface area contributed by atoms with Crippen LogP contribution in [0.25, 0.3) is 0 Å². The van der Waals surface area contributed by atoms with Gasteiger partial charge in [0.1, 0.15) is 110 Å². The number of carbonyl (C=O) groups excluding carboxylic acids is 2. The van der Waals surface area contributed by atoms with Crippen molar-refractivity contribution in [3.05, 3.63) is 11.6 Å². The van der Waals surface area contributed by atoms with E-state index < -0.39 is 194 Å². The smallest absolute Gasteiger partial charge is 0.315 e. The number of aliphatic hydroxyl groups is 14. The van der Waals surface area contributed by atoms with Gasteiger partial charge in [-0.05, 0) is 117 Å². The van der Waals surface area contributed by atoms with Crippen LogP contribution in [-0.2, 0) is 57.0 Å². The van der Waals surface area contributed by atoms with Crippen molar-refractivity contribution < 1.29 is 128 Å². The van der Waals surface area contributed by atoms with Crippen LogP contribution in [0.15, 0.2) is 11.6 Å². The van der Waals surface area contributed by atoms with Crippen molar-refractivity contribution in [2.75, 3.05) is 19.8 Å². The van der Waals surface area contributed by atoms with E-state index in [1.807, 2.05) is 6.92 Å². The summed E-state index contributed by atoms with van der Waals surface area (Å²) in [4.78, 5) is 29.0. The average molecular weight is 1220 g/mol. The maximum absolute atomic E-state index is 15.2. The SMILES string of the molecule is CC1OC(OC2C(CO)OC(OCC3OC(OC(=O)C45CCC(C)(C)CC4C4=CCC6C7(C)CCC(OC8OCC(O)C(O)C8OC8OC(C)C(O)C(O)C8O)C(C)(C=O)C7CCC6(C)C4(C)CC5)C(O)C(O)C3O)C(O)C2O)C(O)C(O)C1O. The second kappa shape index (κ2) is 24.2. The highest BCUT2D eigenvalue weighted by Crippen LogP contribution is 2.76. The molecule has 0 amide bonds. The normalized spacial score (nSPS) is 55.2. The summed E-state index contributed by atoms with van der Waals surface area (Å²) in [6.07, 6.45) is -29.4. The van der Waals surface area contributed by atoms with Crippen molar-refractivity contribution in [3.8, 4) is 0 Å². The van der Waals surface area contributed by atoms with Gasteiger partial charge in [0.05, 0.1) is 49.0 Å². The van der Waals surface area contributed by atoms with E-state index in [1.165, 1.54) is 13.8 Å². The number of esters is 1. The quantitative estimate of drug-likeness (QED) is 0.0398. The predicted molar refractivity (Wildman–Crippen MR) is 287 cm³/mol. The molecule has 5 saturated heterocycles. The number of hydrogen-bond acceptors (Lipinski definition) is 26. The highest BCUT2D eigenvalue weighted by molar-refractivity contribution is 5.79. The van der Waals surface area contributed by atoms with Crippen molar-refractivity contribution in [2.45, 2.75) is 273 Å². The Morgan fingerprint density at radius 3 is 1.79 bits per heavy atom. The zero-order chi connectivity index (χ0) is 62.0. The van der Waals surface area contributed by atoms with Gasteiger partial charge in [-0.15, -0.1) is 0 Å². The summed E-state index contributed by atoms with van der Waals surface area (Å²) in [6.45, 7) is 14.3. The molecular weight excluding hydrogens is 1120 g/mol. The second-order valence-electron chi connectivity index (χ2n) is 28.3. The van der Waals surface area contributed by atoms with Gasteiger partial charge in [-0.1, -0.05) is 53.2 Å². The fourth-order valence-corrected chi connectivity index (χ4v) is 17.4. The molecule has 0 bridgehead atoms. The molecule has 5 heterocycles. The molecule has 486 valence electrons. The molecule has 26 heteroatoms. The van der Waals surface area contributed by atoms with Gasteiger partial charge >= 0.3 is 5.97 Å². The van der Waals surface area contributed by atoms with Crippen LogP contribution in [0.5, 0.6) is 0 Å². The van der Waals surface area contributed by atoms with E-state index in [9.17, 15) is 76.3 Å². The zero-order valence-electron chi connectivity index (χ0n) is 49.7. The van der Waals surface area contributed by atoms with Crippen LogP contribution in [0, 0.1) is 50.2 Å². The van der Waals surface area contributed by atoms with Crippen LogP contribution in [0.3, 0.4) is 0 Å². The Morgan fingerprint density at radius 1 is 0.588 bits per heavy atom. The molecular formula is C59H94O26. The zero-order valence-corrected chi connectivity index (χ0v) is 49.7. The molecule has 0 aromatic carbocycles. The fraction of sp³-hybridized carbons (Fsp3) is 0.932. The topological polar surface area (TPSA) is 410 Å². The van der Waals surface area contributed by atoms with Gasteiger partial charge in [-0.3, -0.25) is 4.79 Å². The molecule has 14 N–H and O–H groups in total. The molecule has 10 rings (SSSR count). The highest BCUT2D eigenvalue weighted by atomic mass is 16.8. The average Bonchev–Trinajstić information content (AvgIpc) is 0.688. The number of fused-ring (bicyclic) bond motifs is 7. The first-order chi connectivity index (χ1) is 39.8. The van der Waals surface area contributed by atoms with Gasteiger partial charge in [0.2, 0.25) is 6.29 Å². The minimum absolute atomic E-state index is 0.0712. The van der Waals surface area contributed by atoms with Crippen molar-refractivity contribution >= 4 is 12.3 Å². The summed E-state index contributed by atoms with van der Waals surface area (Å²) in [5.41, 5.74) is -2.35. The van der Waals surface area contributed by atoms with Crippen molar-refractivity contribution in [1.82, 2.24) is 0 Å².